The first kappa shape index (κ1) is 17.9. The number of rotatable bonds is 6. The number of benzene rings is 2. The number of aromatic nitrogens is 1. The Morgan fingerprint density at radius 3 is 2.46 bits per heavy atom. The average Bonchev–Trinajstić information content (AvgIpc) is 2.67. The molecule has 0 atom stereocenters. The van der Waals surface area contributed by atoms with Crippen molar-refractivity contribution >= 4 is 15.7 Å². The van der Waals surface area contributed by atoms with Gasteiger partial charge in [0.2, 0.25) is 0 Å². The number of anilines is 1. The quantitative estimate of drug-likeness (QED) is 0.664. The van der Waals surface area contributed by atoms with E-state index in [1.165, 1.54) is 11.4 Å². The summed E-state index contributed by atoms with van der Waals surface area (Å²) in [6, 6.07) is 19.4. The third-order valence-corrected chi connectivity index (χ3v) is 5.72. The first-order chi connectivity index (χ1) is 12.5. The minimum absolute atomic E-state index is 0.109. The van der Waals surface area contributed by atoms with Gasteiger partial charge in [-0.05, 0) is 48.9 Å². The fraction of sp³-hybridized carbons (Fsp3) is 0.150. The van der Waals surface area contributed by atoms with Gasteiger partial charge in [-0.1, -0.05) is 30.3 Å². The molecule has 0 saturated heterocycles. The van der Waals surface area contributed by atoms with E-state index >= 15 is 0 Å². The topological polar surface area (TPSA) is 59.5 Å². The number of methoxy groups -OCH3 is 1. The minimum Gasteiger partial charge on any atom is -0.495 e. The van der Waals surface area contributed by atoms with Crippen LogP contribution >= 0.6 is 0 Å². The van der Waals surface area contributed by atoms with Gasteiger partial charge in [-0.25, -0.2) is 8.42 Å². The van der Waals surface area contributed by atoms with Crippen LogP contribution in [0.5, 0.6) is 5.75 Å². The first-order valence-electron chi connectivity index (χ1n) is 8.14. The van der Waals surface area contributed by atoms with Gasteiger partial charge in [-0.15, -0.1) is 0 Å². The Hall–Kier alpha value is -2.86. The van der Waals surface area contributed by atoms with Crippen LogP contribution < -0.4 is 9.04 Å². The third-order valence-electron chi connectivity index (χ3n) is 3.96. The van der Waals surface area contributed by atoms with Crippen LogP contribution in [0.15, 0.2) is 77.8 Å². The molecule has 1 aromatic heterocycles. The number of sulfonamides is 1. The van der Waals surface area contributed by atoms with E-state index < -0.39 is 10.0 Å². The number of hydrogen-bond acceptors (Lipinski definition) is 4. The molecule has 2 aromatic carbocycles. The van der Waals surface area contributed by atoms with Crippen LogP contribution in [0.3, 0.4) is 0 Å². The molecule has 0 aliphatic rings. The molecule has 0 fully saturated rings. The Morgan fingerprint density at radius 1 is 1.00 bits per heavy atom. The van der Waals surface area contributed by atoms with E-state index in [9.17, 15) is 8.42 Å². The van der Waals surface area contributed by atoms with Gasteiger partial charge in [0.25, 0.3) is 10.0 Å². The largest absolute Gasteiger partial charge is 0.495 e. The highest BCUT2D eigenvalue weighted by atomic mass is 32.2. The van der Waals surface area contributed by atoms with Crippen LogP contribution in [0, 0.1) is 6.92 Å². The van der Waals surface area contributed by atoms with Gasteiger partial charge in [0.05, 0.1) is 29.9 Å². The zero-order valence-electron chi connectivity index (χ0n) is 14.7. The Labute approximate surface area is 153 Å². The fourth-order valence-electron chi connectivity index (χ4n) is 2.68. The Kier molecular flexibility index (Phi) is 5.23. The molecular formula is C20H20N2O3S. The predicted molar refractivity (Wildman–Crippen MR) is 102 cm³/mol. The Morgan fingerprint density at radius 2 is 1.77 bits per heavy atom. The molecule has 6 heteroatoms. The summed E-state index contributed by atoms with van der Waals surface area (Å²) < 4.78 is 33.5. The van der Waals surface area contributed by atoms with Gasteiger partial charge >= 0.3 is 0 Å². The van der Waals surface area contributed by atoms with Crippen LogP contribution in [0.25, 0.3) is 0 Å². The molecule has 0 bridgehead atoms. The van der Waals surface area contributed by atoms with Crippen LogP contribution in [0.1, 0.15) is 11.3 Å². The molecule has 0 spiro atoms. The second-order valence-corrected chi connectivity index (χ2v) is 7.68. The second-order valence-electron chi connectivity index (χ2n) is 5.82. The summed E-state index contributed by atoms with van der Waals surface area (Å²) in [4.78, 5) is 4.51. The summed E-state index contributed by atoms with van der Waals surface area (Å²) in [5, 5.41) is 0. The predicted octanol–water partition coefficient (Wildman–Crippen LogP) is 3.79. The van der Waals surface area contributed by atoms with Crippen molar-refractivity contribution in [2.45, 2.75) is 18.4 Å². The molecule has 26 heavy (non-hydrogen) atoms. The maximum Gasteiger partial charge on any atom is 0.264 e. The molecule has 0 amide bonds. The number of nitrogens with zero attached hydrogens (tertiary/aromatic N) is 2. The first-order valence-corrected chi connectivity index (χ1v) is 9.59. The van der Waals surface area contributed by atoms with Crippen molar-refractivity contribution in [3.63, 3.8) is 0 Å². The Balaban J connectivity index is 2.14. The van der Waals surface area contributed by atoms with Crippen LogP contribution in [0.2, 0.25) is 0 Å². The third kappa shape index (κ3) is 3.70. The summed E-state index contributed by atoms with van der Waals surface area (Å²) in [5.74, 6) is 0.486. The highest BCUT2D eigenvalue weighted by Crippen LogP contribution is 2.33. The lowest BCUT2D eigenvalue weighted by Gasteiger charge is -2.26. The molecule has 0 saturated carbocycles. The van der Waals surface area contributed by atoms with Gasteiger partial charge < -0.3 is 4.74 Å². The zero-order valence-corrected chi connectivity index (χ0v) is 15.5. The van der Waals surface area contributed by atoms with Crippen molar-refractivity contribution in [1.82, 2.24) is 4.98 Å². The van der Waals surface area contributed by atoms with Crippen LogP contribution in [-0.4, -0.2) is 20.5 Å². The number of hydrogen-bond donors (Lipinski definition) is 0. The van der Waals surface area contributed by atoms with Gasteiger partial charge in [0, 0.05) is 6.20 Å². The summed E-state index contributed by atoms with van der Waals surface area (Å²) in [7, 11) is -2.27. The maximum atomic E-state index is 13.4. The number of aryl methyl sites for hydroxylation is 1. The standard InChI is InChI=1S/C20H20N2O3S/c1-16-8-7-10-18(14-16)26(23,24)22(15-17-9-5-6-13-21-17)19-11-3-4-12-20(19)25-2/h3-14H,15H2,1-2H3. The van der Waals surface area contributed by atoms with Crippen molar-refractivity contribution < 1.29 is 13.2 Å². The number of pyridine rings is 1. The minimum atomic E-state index is -3.79. The van der Waals surface area contributed by atoms with Gasteiger partial charge in [0.1, 0.15) is 5.75 Å². The summed E-state index contributed by atoms with van der Waals surface area (Å²) >= 11 is 0. The Bertz CT molecular complexity index is 989. The van der Waals surface area contributed by atoms with Gasteiger partial charge in [-0.2, -0.15) is 0 Å². The summed E-state index contributed by atoms with van der Waals surface area (Å²) in [5.41, 5.74) is 2.00. The molecule has 0 N–H and O–H groups in total. The summed E-state index contributed by atoms with van der Waals surface area (Å²) in [6.07, 6.45) is 1.65. The second kappa shape index (κ2) is 7.58. The van der Waals surface area contributed by atoms with Crippen LogP contribution in [-0.2, 0) is 16.6 Å². The van der Waals surface area contributed by atoms with E-state index in [1.54, 1.807) is 60.8 Å². The van der Waals surface area contributed by atoms with Crippen molar-refractivity contribution in [3.8, 4) is 5.75 Å². The maximum absolute atomic E-state index is 13.4. The molecule has 0 radical (unpaired) electrons. The van der Waals surface area contributed by atoms with E-state index in [4.69, 9.17) is 4.74 Å². The molecule has 3 rings (SSSR count). The lowest BCUT2D eigenvalue weighted by Crippen LogP contribution is -2.31. The molecule has 134 valence electrons. The number of para-hydroxylation sites is 2. The normalized spacial score (nSPS) is 11.2. The highest BCUT2D eigenvalue weighted by Gasteiger charge is 2.27. The van der Waals surface area contributed by atoms with E-state index in [-0.39, 0.29) is 11.4 Å². The lowest BCUT2D eigenvalue weighted by molar-refractivity contribution is 0.415. The molecule has 0 aliphatic carbocycles. The van der Waals surface area contributed by atoms with E-state index in [0.717, 1.165) is 5.56 Å². The van der Waals surface area contributed by atoms with E-state index in [2.05, 4.69) is 4.98 Å². The zero-order chi connectivity index (χ0) is 18.6. The van der Waals surface area contributed by atoms with Crippen molar-refractivity contribution in [3.05, 3.63) is 84.2 Å². The average molecular weight is 368 g/mol. The van der Waals surface area contributed by atoms with Gasteiger partial charge in [-0.3, -0.25) is 9.29 Å². The van der Waals surface area contributed by atoms with E-state index in [0.29, 0.717) is 17.1 Å². The van der Waals surface area contributed by atoms with Crippen molar-refractivity contribution in [2.75, 3.05) is 11.4 Å². The summed E-state index contributed by atoms with van der Waals surface area (Å²) in [6.45, 7) is 1.97. The van der Waals surface area contributed by atoms with Crippen molar-refractivity contribution in [1.29, 1.82) is 0 Å². The monoisotopic (exact) mass is 368 g/mol. The van der Waals surface area contributed by atoms with Crippen molar-refractivity contribution in [2.24, 2.45) is 0 Å². The number of ether oxygens (including phenoxy) is 1. The molecule has 0 aliphatic heterocycles. The molecular weight excluding hydrogens is 348 g/mol. The molecule has 1 heterocycles. The van der Waals surface area contributed by atoms with Crippen LogP contribution in [0.4, 0.5) is 5.69 Å². The van der Waals surface area contributed by atoms with E-state index in [1.807, 2.05) is 19.1 Å². The highest BCUT2D eigenvalue weighted by molar-refractivity contribution is 7.92. The molecule has 0 unspecified atom stereocenters. The molecule has 3 aromatic rings. The fourth-order valence-corrected chi connectivity index (χ4v) is 4.23. The SMILES string of the molecule is COc1ccccc1N(Cc1ccccn1)S(=O)(=O)c1cccc(C)c1. The lowest BCUT2D eigenvalue weighted by atomic mass is 10.2. The molecule has 5 nitrogen and oxygen atoms in total. The smallest absolute Gasteiger partial charge is 0.264 e. The van der Waals surface area contributed by atoms with Gasteiger partial charge in [0.15, 0.2) is 0 Å².